The molecule has 2 aromatic heterocycles. The summed E-state index contributed by atoms with van der Waals surface area (Å²) in [5.74, 6) is 2.01. The van der Waals surface area contributed by atoms with Crippen molar-refractivity contribution in [2.24, 2.45) is 5.92 Å². The third-order valence-corrected chi connectivity index (χ3v) is 4.42. The number of hydrogen-bond acceptors (Lipinski definition) is 3. The molecule has 2 bridgehead atoms. The van der Waals surface area contributed by atoms with E-state index in [2.05, 4.69) is 31.7 Å². The maximum absolute atomic E-state index is 4.33. The summed E-state index contributed by atoms with van der Waals surface area (Å²) >= 11 is 0. The van der Waals surface area contributed by atoms with Gasteiger partial charge in [0, 0.05) is 25.0 Å². The predicted molar refractivity (Wildman–Crippen MR) is 71.8 cm³/mol. The highest BCUT2D eigenvalue weighted by molar-refractivity contribution is 5.50. The number of imidazole rings is 1. The van der Waals surface area contributed by atoms with Crippen LogP contribution in [0.25, 0.3) is 5.65 Å². The molecule has 0 aromatic carbocycles. The van der Waals surface area contributed by atoms with E-state index in [-0.39, 0.29) is 0 Å². The van der Waals surface area contributed by atoms with Gasteiger partial charge in [-0.05, 0) is 44.0 Å². The third-order valence-electron chi connectivity index (χ3n) is 4.42. The maximum atomic E-state index is 4.33. The molecule has 0 saturated carbocycles. The second-order valence-corrected chi connectivity index (χ2v) is 5.46. The van der Waals surface area contributed by atoms with Gasteiger partial charge >= 0.3 is 0 Å². The molecule has 0 amide bonds. The number of anilines is 1. The number of aromatic nitrogens is 2. The largest absolute Gasteiger partial charge is 0.367 e. The standard InChI is InChI=1S/C14H18N4/c1-2-13-15-6-9-18(13)14(3-1)16-12-10-17-7-4-11(12)5-8-17/h1-3,6,9,11-12,16H,4-5,7-8,10H2. The van der Waals surface area contributed by atoms with Crippen molar-refractivity contribution >= 4 is 11.5 Å². The molecule has 94 valence electrons. The first kappa shape index (κ1) is 10.4. The summed E-state index contributed by atoms with van der Waals surface area (Å²) in [5, 5.41) is 3.72. The zero-order chi connectivity index (χ0) is 11.9. The van der Waals surface area contributed by atoms with Crippen LogP contribution in [0.5, 0.6) is 0 Å². The smallest absolute Gasteiger partial charge is 0.138 e. The highest BCUT2D eigenvalue weighted by Crippen LogP contribution is 2.29. The average Bonchev–Trinajstić information content (AvgIpc) is 2.90. The van der Waals surface area contributed by atoms with Gasteiger partial charge in [0.1, 0.15) is 11.5 Å². The number of pyridine rings is 1. The summed E-state index contributed by atoms with van der Waals surface area (Å²) in [6.07, 6.45) is 6.57. The Labute approximate surface area is 107 Å². The van der Waals surface area contributed by atoms with E-state index in [4.69, 9.17) is 0 Å². The monoisotopic (exact) mass is 242 g/mol. The number of hydrogen-bond donors (Lipinski definition) is 1. The van der Waals surface area contributed by atoms with E-state index in [0.717, 1.165) is 11.6 Å². The average molecular weight is 242 g/mol. The Morgan fingerprint density at radius 3 is 2.89 bits per heavy atom. The Hall–Kier alpha value is -1.55. The Kier molecular flexibility index (Phi) is 2.30. The summed E-state index contributed by atoms with van der Waals surface area (Å²) in [7, 11) is 0. The molecular weight excluding hydrogens is 224 g/mol. The number of piperidine rings is 3. The molecule has 2 aromatic rings. The van der Waals surface area contributed by atoms with Crippen LogP contribution in [0.15, 0.2) is 30.6 Å². The predicted octanol–water partition coefficient (Wildman–Crippen LogP) is 1.84. The second kappa shape index (κ2) is 3.99. The van der Waals surface area contributed by atoms with Gasteiger partial charge in [-0.3, -0.25) is 4.40 Å². The Morgan fingerprint density at radius 1 is 1.22 bits per heavy atom. The molecule has 3 fully saturated rings. The van der Waals surface area contributed by atoms with Gasteiger partial charge in [-0.1, -0.05) is 6.07 Å². The lowest BCUT2D eigenvalue weighted by Gasteiger charge is -2.45. The molecule has 0 radical (unpaired) electrons. The Morgan fingerprint density at radius 2 is 2.11 bits per heavy atom. The van der Waals surface area contributed by atoms with Crippen molar-refractivity contribution in [1.29, 1.82) is 0 Å². The second-order valence-electron chi connectivity index (χ2n) is 5.46. The van der Waals surface area contributed by atoms with Crippen LogP contribution in [0.3, 0.4) is 0 Å². The number of rotatable bonds is 2. The molecule has 5 rings (SSSR count). The van der Waals surface area contributed by atoms with Crippen LogP contribution < -0.4 is 5.32 Å². The van der Waals surface area contributed by atoms with Crippen molar-refractivity contribution in [2.45, 2.75) is 18.9 Å². The van der Waals surface area contributed by atoms with E-state index in [1.807, 2.05) is 18.5 Å². The molecule has 3 saturated heterocycles. The fourth-order valence-corrected chi connectivity index (χ4v) is 3.38. The molecule has 18 heavy (non-hydrogen) atoms. The molecule has 5 heterocycles. The van der Waals surface area contributed by atoms with Crippen molar-refractivity contribution in [3.8, 4) is 0 Å². The van der Waals surface area contributed by atoms with E-state index < -0.39 is 0 Å². The minimum Gasteiger partial charge on any atom is -0.367 e. The number of nitrogens with one attached hydrogen (secondary N) is 1. The summed E-state index contributed by atoms with van der Waals surface area (Å²) in [6, 6.07) is 6.86. The van der Waals surface area contributed by atoms with Gasteiger partial charge in [-0.25, -0.2) is 4.98 Å². The molecule has 0 spiro atoms. The molecule has 4 nitrogen and oxygen atoms in total. The number of fused-ring (bicyclic) bond motifs is 4. The topological polar surface area (TPSA) is 32.6 Å². The van der Waals surface area contributed by atoms with Gasteiger partial charge in [0.25, 0.3) is 0 Å². The van der Waals surface area contributed by atoms with Crippen LogP contribution in [-0.2, 0) is 0 Å². The lowest BCUT2D eigenvalue weighted by Crippen LogP contribution is -2.53. The number of nitrogens with zero attached hydrogens (tertiary/aromatic N) is 3. The molecule has 1 unspecified atom stereocenters. The molecule has 0 aliphatic carbocycles. The van der Waals surface area contributed by atoms with Crippen LogP contribution in [0, 0.1) is 5.92 Å². The first-order valence-electron chi connectivity index (χ1n) is 6.81. The van der Waals surface area contributed by atoms with Crippen molar-refractivity contribution in [1.82, 2.24) is 14.3 Å². The van der Waals surface area contributed by atoms with Crippen molar-refractivity contribution in [2.75, 3.05) is 25.0 Å². The van der Waals surface area contributed by atoms with Crippen LogP contribution in [0.1, 0.15) is 12.8 Å². The van der Waals surface area contributed by atoms with Crippen molar-refractivity contribution in [3.63, 3.8) is 0 Å². The van der Waals surface area contributed by atoms with Gasteiger partial charge in [0.15, 0.2) is 0 Å². The molecule has 1 atom stereocenters. The highest BCUT2D eigenvalue weighted by atomic mass is 15.2. The minimum absolute atomic E-state index is 0.598. The maximum Gasteiger partial charge on any atom is 0.138 e. The Balaban J connectivity index is 1.62. The van der Waals surface area contributed by atoms with Crippen LogP contribution in [0.4, 0.5) is 5.82 Å². The lowest BCUT2D eigenvalue weighted by molar-refractivity contribution is 0.0973. The SMILES string of the molecule is c1cc(NC2CN3CCC2CC3)n2ccnc2c1. The normalized spacial score (nSPS) is 30.8. The first-order valence-corrected chi connectivity index (χ1v) is 6.81. The van der Waals surface area contributed by atoms with E-state index >= 15 is 0 Å². The molecule has 1 N–H and O–H groups in total. The van der Waals surface area contributed by atoms with Gasteiger partial charge in [-0.15, -0.1) is 0 Å². The van der Waals surface area contributed by atoms with E-state index in [1.165, 1.54) is 38.3 Å². The van der Waals surface area contributed by atoms with E-state index in [0.29, 0.717) is 6.04 Å². The van der Waals surface area contributed by atoms with Gasteiger partial charge in [0.2, 0.25) is 0 Å². The molecular formula is C14H18N4. The van der Waals surface area contributed by atoms with Crippen molar-refractivity contribution < 1.29 is 0 Å². The first-order chi connectivity index (χ1) is 8.90. The third kappa shape index (κ3) is 1.60. The van der Waals surface area contributed by atoms with Crippen LogP contribution >= 0.6 is 0 Å². The lowest BCUT2D eigenvalue weighted by atomic mass is 9.84. The molecule has 4 heteroatoms. The summed E-state index contributed by atoms with van der Waals surface area (Å²) in [6.45, 7) is 3.77. The van der Waals surface area contributed by atoms with Crippen LogP contribution in [-0.4, -0.2) is 40.0 Å². The van der Waals surface area contributed by atoms with E-state index in [1.54, 1.807) is 0 Å². The summed E-state index contributed by atoms with van der Waals surface area (Å²) < 4.78 is 2.14. The van der Waals surface area contributed by atoms with Gasteiger partial charge in [0.05, 0.1) is 0 Å². The van der Waals surface area contributed by atoms with Crippen molar-refractivity contribution in [3.05, 3.63) is 30.6 Å². The zero-order valence-corrected chi connectivity index (χ0v) is 10.4. The molecule has 3 aliphatic rings. The summed E-state index contributed by atoms with van der Waals surface area (Å²) in [5.41, 5.74) is 1.02. The van der Waals surface area contributed by atoms with Gasteiger partial charge in [-0.2, -0.15) is 0 Å². The highest BCUT2D eigenvalue weighted by Gasteiger charge is 2.34. The van der Waals surface area contributed by atoms with Gasteiger partial charge < -0.3 is 10.2 Å². The fourth-order valence-electron chi connectivity index (χ4n) is 3.38. The molecule has 3 aliphatic heterocycles. The van der Waals surface area contributed by atoms with Crippen LogP contribution in [0.2, 0.25) is 0 Å². The zero-order valence-electron chi connectivity index (χ0n) is 10.4. The fraction of sp³-hybridized carbons (Fsp3) is 0.500. The summed E-state index contributed by atoms with van der Waals surface area (Å²) in [4.78, 5) is 6.91. The minimum atomic E-state index is 0.598. The quantitative estimate of drug-likeness (QED) is 0.872. The Bertz CT molecular complexity index is 554. The van der Waals surface area contributed by atoms with E-state index in [9.17, 15) is 0 Å².